The minimum Gasteiger partial charge on any atom is -0.409 e. The number of hydrogen-bond donors (Lipinski definition) is 4. The van der Waals surface area contributed by atoms with Gasteiger partial charge in [0.15, 0.2) is 0 Å². The first-order valence-electron chi connectivity index (χ1n) is 3.87. The van der Waals surface area contributed by atoms with Gasteiger partial charge < -0.3 is 22.0 Å². The molecule has 0 aromatic rings. The van der Waals surface area contributed by atoms with Crippen molar-refractivity contribution in [1.82, 2.24) is 5.32 Å². The Balaban J connectivity index is 4.27. The van der Waals surface area contributed by atoms with Crippen molar-refractivity contribution in [2.45, 2.75) is 25.8 Å². The minimum atomic E-state index is -1.15. The van der Waals surface area contributed by atoms with E-state index in [1.54, 1.807) is 0 Å². The molecule has 0 aliphatic rings. The van der Waals surface area contributed by atoms with Gasteiger partial charge in [-0.15, -0.1) is 0 Å². The normalized spacial score (nSPS) is 12.3. The molecule has 6 N–H and O–H groups in total. The molecule has 0 atom stereocenters. The molecular formula is C7H14N4O3. The van der Waals surface area contributed by atoms with E-state index in [1.807, 2.05) is 0 Å². The van der Waals surface area contributed by atoms with Crippen LogP contribution in [0.2, 0.25) is 0 Å². The van der Waals surface area contributed by atoms with E-state index in [9.17, 15) is 9.59 Å². The zero-order valence-electron chi connectivity index (χ0n) is 8.07. The monoisotopic (exact) mass is 202 g/mol. The maximum absolute atomic E-state index is 11.1. The summed E-state index contributed by atoms with van der Waals surface area (Å²) in [5, 5.41) is 13.1. The summed E-state index contributed by atoms with van der Waals surface area (Å²) in [6, 6.07) is 0. The maximum atomic E-state index is 11.1. The van der Waals surface area contributed by atoms with Crippen molar-refractivity contribution in [3.8, 4) is 0 Å². The number of amidine groups is 1. The van der Waals surface area contributed by atoms with Crippen molar-refractivity contribution in [3.05, 3.63) is 0 Å². The first-order chi connectivity index (χ1) is 6.29. The lowest BCUT2D eigenvalue weighted by atomic mass is 10.1. The molecule has 80 valence electrons. The molecule has 0 rings (SSSR count). The molecule has 7 nitrogen and oxygen atoms in total. The third-order valence-corrected chi connectivity index (χ3v) is 1.54. The molecular weight excluding hydrogens is 188 g/mol. The zero-order chi connectivity index (χ0) is 11.4. The number of oxime groups is 1. The van der Waals surface area contributed by atoms with Crippen LogP contribution in [0.1, 0.15) is 20.3 Å². The SMILES string of the molecule is CC(C)(NC(=O)CC(N)=NO)C(N)=O. The van der Waals surface area contributed by atoms with E-state index in [0.29, 0.717) is 0 Å². The molecule has 0 fully saturated rings. The largest absolute Gasteiger partial charge is 0.409 e. The first-order valence-corrected chi connectivity index (χ1v) is 3.87. The average molecular weight is 202 g/mol. The second-order valence-corrected chi connectivity index (χ2v) is 3.31. The topological polar surface area (TPSA) is 131 Å². The van der Waals surface area contributed by atoms with Crippen LogP contribution in [0.25, 0.3) is 0 Å². The Morgan fingerprint density at radius 2 is 1.93 bits per heavy atom. The van der Waals surface area contributed by atoms with Gasteiger partial charge in [0.25, 0.3) is 0 Å². The van der Waals surface area contributed by atoms with E-state index in [2.05, 4.69) is 10.5 Å². The van der Waals surface area contributed by atoms with Crippen molar-refractivity contribution in [2.24, 2.45) is 16.6 Å². The van der Waals surface area contributed by atoms with Gasteiger partial charge >= 0.3 is 0 Å². The Morgan fingerprint density at radius 1 is 1.43 bits per heavy atom. The number of nitrogens with zero attached hydrogens (tertiary/aromatic N) is 1. The summed E-state index contributed by atoms with van der Waals surface area (Å²) in [5.41, 5.74) is 8.96. The van der Waals surface area contributed by atoms with Crippen LogP contribution in [0, 0.1) is 0 Å². The number of rotatable bonds is 4. The van der Waals surface area contributed by atoms with Gasteiger partial charge in [0.05, 0.1) is 6.42 Å². The van der Waals surface area contributed by atoms with Gasteiger partial charge in [-0.25, -0.2) is 0 Å². The molecule has 0 unspecified atom stereocenters. The number of hydrogen-bond acceptors (Lipinski definition) is 4. The van der Waals surface area contributed by atoms with E-state index in [4.69, 9.17) is 16.7 Å². The first kappa shape index (κ1) is 12.2. The molecule has 0 aromatic carbocycles. The molecule has 0 radical (unpaired) electrons. The van der Waals surface area contributed by atoms with Crippen LogP contribution in [-0.2, 0) is 9.59 Å². The number of amides is 2. The van der Waals surface area contributed by atoms with Crippen LogP contribution in [0.5, 0.6) is 0 Å². The van der Waals surface area contributed by atoms with Gasteiger partial charge in [0.1, 0.15) is 11.4 Å². The molecule has 14 heavy (non-hydrogen) atoms. The lowest BCUT2D eigenvalue weighted by Gasteiger charge is -2.21. The predicted molar refractivity (Wildman–Crippen MR) is 49.4 cm³/mol. The number of nitrogens with two attached hydrogens (primary N) is 2. The summed E-state index contributed by atoms with van der Waals surface area (Å²) < 4.78 is 0. The highest BCUT2D eigenvalue weighted by Crippen LogP contribution is 2.00. The molecule has 0 saturated heterocycles. The summed E-state index contributed by atoms with van der Waals surface area (Å²) in [5.74, 6) is -1.43. The summed E-state index contributed by atoms with van der Waals surface area (Å²) in [7, 11) is 0. The standard InChI is InChI=1S/C7H14N4O3/c1-7(2,6(9)13)10-5(12)3-4(8)11-14/h14H,3H2,1-2H3,(H2,8,11)(H2,9,13)(H,10,12). The van der Waals surface area contributed by atoms with E-state index in [0.717, 1.165) is 0 Å². The molecule has 7 heteroatoms. The van der Waals surface area contributed by atoms with Crippen molar-refractivity contribution in [1.29, 1.82) is 0 Å². The molecule has 0 heterocycles. The zero-order valence-corrected chi connectivity index (χ0v) is 8.07. The van der Waals surface area contributed by atoms with Crippen molar-refractivity contribution in [2.75, 3.05) is 0 Å². The number of carbonyl (C=O) groups excluding carboxylic acids is 2. The molecule has 0 aliphatic heterocycles. The Kier molecular flexibility index (Phi) is 3.88. The van der Waals surface area contributed by atoms with Gasteiger partial charge in [-0.2, -0.15) is 0 Å². The second kappa shape index (κ2) is 4.45. The number of primary amides is 1. The van der Waals surface area contributed by atoms with E-state index in [-0.39, 0.29) is 12.3 Å². The van der Waals surface area contributed by atoms with Gasteiger partial charge in [-0.05, 0) is 13.8 Å². The van der Waals surface area contributed by atoms with Gasteiger partial charge in [-0.3, -0.25) is 9.59 Å². The summed E-state index contributed by atoms with van der Waals surface area (Å²) in [6.07, 6.45) is -0.285. The quantitative estimate of drug-likeness (QED) is 0.191. The Labute approximate surface area is 81.1 Å². The lowest BCUT2D eigenvalue weighted by molar-refractivity contribution is -0.129. The molecule has 0 aromatic heterocycles. The fourth-order valence-corrected chi connectivity index (χ4v) is 0.654. The average Bonchev–Trinajstić information content (AvgIpc) is 2.02. The van der Waals surface area contributed by atoms with Crippen molar-refractivity contribution in [3.63, 3.8) is 0 Å². The van der Waals surface area contributed by atoms with Gasteiger partial charge in [0, 0.05) is 0 Å². The van der Waals surface area contributed by atoms with Crippen molar-refractivity contribution < 1.29 is 14.8 Å². The summed E-state index contributed by atoms with van der Waals surface area (Å²) in [6.45, 7) is 2.92. The molecule has 0 aliphatic carbocycles. The molecule has 0 saturated carbocycles. The van der Waals surface area contributed by atoms with Crippen LogP contribution in [0.4, 0.5) is 0 Å². The predicted octanol–water partition coefficient (Wildman–Crippen LogP) is -1.50. The Morgan fingerprint density at radius 3 is 2.29 bits per heavy atom. The van der Waals surface area contributed by atoms with Crippen LogP contribution in [-0.4, -0.2) is 28.4 Å². The highest BCUT2D eigenvalue weighted by atomic mass is 16.4. The third-order valence-electron chi connectivity index (χ3n) is 1.54. The second-order valence-electron chi connectivity index (χ2n) is 3.31. The van der Waals surface area contributed by atoms with Crippen LogP contribution < -0.4 is 16.8 Å². The van der Waals surface area contributed by atoms with Crippen LogP contribution in [0.15, 0.2) is 5.16 Å². The minimum absolute atomic E-state index is 0.234. The summed E-state index contributed by atoms with van der Waals surface area (Å²) in [4.78, 5) is 22.0. The highest BCUT2D eigenvalue weighted by Gasteiger charge is 2.26. The smallest absolute Gasteiger partial charge is 0.242 e. The summed E-state index contributed by atoms with van der Waals surface area (Å²) >= 11 is 0. The van der Waals surface area contributed by atoms with E-state index >= 15 is 0 Å². The van der Waals surface area contributed by atoms with E-state index < -0.39 is 17.4 Å². The van der Waals surface area contributed by atoms with Gasteiger partial charge in [-0.1, -0.05) is 5.16 Å². The fraction of sp³-hybridized carbons (Fsp3) is 0.571. The highest BCUT2D eigenvalue weighted by molar-refractivity contribution is 6.00. The van der Waals surface area contributed by atoms with Crippen molar-refractivity contribution >= 4 is 17.6 Å². The third kappa shape index (κ3) is 3.74. The molecule has 0 bridgehead atoms. The lowest BCUT2D eigenvalue weighted by Crippen LogP contribution is -2.53. The van der Waals surface area contributed by atoms with Crippen LogP contribution >= 0.6 is 0 Å². The molecule has 2 amide bonds. The van der Waals surface area contributed by atoms with E-state index in [1.165, 1.54) is 13.8 Å². The van der Waals surface area contributed by atoms with Gasteiger partial charge in [0.2, 0.25) is 11.8 Å². The Hall–Kier alpha value is -1.79. The number of carbonyl (C=O) groups is 2. The molecule has 0 spiro atoms. The fourth-order valence-electron chi connectivity index (χ4n) is 0.654. The van der Waals surface area contributed by atoms with Crippen LogP contribution in [0.3, 0.4) is 0 Å². The Bertz CT molecular complexity index is 272. The number of nitrogens with one attached hydrogen (secondary N) is 1. The maximum Gasteiger partial charge on any atom is 0.242 e.